The van der Waals surface area contributed by atoms with Gasteiger partial charge in [-0.25, -0.2) is 4.39 Å². The number of amides is 1. The SMILES string of the molecule is COCCNC(=O)c1ccc(CSc2nnc(-c3cccc(OC)c3)n2-c2ccccc2F)cc1. The second kappa shape index (κ2) is 11.6. The number of benzene rings is 3. The number of thioether (sulfide) groups is 1. The molecule has 0 saturated heterocycles. The Balaban J connectivity index is 1.58. The number of carbonyl (C=O) groups excluding carboxylic acids is 1. The molecule has 0 spiro atoms. The van der Waals surface area contributed by atoms with Gasteiger partial charge in [-0.3, -0.25) is 9.36 Å². The van der Waals surface area contributed by atoms with Gasteiger partial charge in [0.05, 0.1) is 19.4 Å². The van der Waals surface area contributed by atoms with Gasteiger partial charge in [0.1, 0.15) is 11.6 Å². The number of hydrogen-bond donors (Lipinski definition) is 1. The number of carbonyl (C=O) groups is 1. The standard InChI is InChI=1S/C26H25FN4O3S/c1-33-15-14-28-25(32)19-12-10-18(11-13-19)17-35-26-30-29-24(20-6-5-7-21(16-20)34-2)31(26)23-9-4-3-8-22(23)27/h3-13,16H,14-15,17H2,1-2H3,(H,28,32). The van der Waals surface area contributed by atoms with Crippen molar-refractivity contribution < 1.29 is 18.7 Å². The molecule has 1 aromatic heterocycles. The summed E-state index contributed by atoms with van der Waals surface area (Å²) in [5.74, 6) is 1.23. The van der Waals surface area contributed by atoms with Crippen LogP contribution in [0.4, 0.5) is 4.39 Å². The lowest BCUT2D eigenvalue weighted by molar-refractivity contribution is 0.0937. The number of hydrogen-bond acceptors (Lipinski definition) is 6. The monoisotopic (exact) mass is 492 g/mol. The molecule has 7 nitrogen and oxygen atoms in total. The number of aromatic nitrogens is 3. The number of ether oxygens (including phenoxy) is 2. The van der Waals surface area contributed by atoms with E-state index in [1.54, 1.807) is 49.1 Å². The average molecular weight is 493 g/mol. The molecule has 0 aliphatic rings. The van der Waals surface area contributed by atoms with E-state index in [9.17, 15) is 9.18 Å². The highest BCUT2D eigenvalue weighted by atomic mass is 32.2. The third kappa shape index (κ3) is 5.87. The highest BCUT2D eigenvalue weighted by Crippen LogP contribution is 2.32. The molecule has 0 atom stereocenters. The van der Waals surface area contributed by atoms with Crippen molar-refractivity contribution in [1.29, 1.82) is 0 Å². The molecular weight excluding hydrogens is 467 g/mol. The van der Waals surface area contributed by atoms with Crippen molar-refractivity contribution in [3.05, 3.63) is 89.7 Å². The molecule has 0 aliphatic heterocycles. The molecule has 1 N–H and O–H groups in total. The van der Waals surface area contributed by atoms with Crippen LogP contribution in [0.25, 0.3) is 17.1 Å². The zero-order valence-corrected chi connectivity index (χ0v) is 20.2. The van der Waals surface area contributed by atoms with E-state index in [1.807, 2.05) is 36.4 Å². The topological polar surface area (TPSA) is 78.3 Å². The molecule has 0 saturated carbocycles. The van der Waals surface area contributed by atoms with Gasteiger partial charge in [-0.15, -0.1) is 10.2 Å². The number of nitrogens with zero attached hydrogens (tertiary/aromatic N) is 3. The quantitative estimate of drug-likeness (QED) is 0.254. The molecule has 180 valence electrons. The minimum absolute atomic E-state index is 0.150. The Bertz CT molecular complexity index is 1290. The van der Waals surface area contributed by atoms with E-state index < -0.39 is 0 Å². The van der Waals surface area contributed by atoms with E-state index in [-0.39, 0.29) is 11.7 Å². The van der Waals surface area contributed by atoms with Crippen LogP contribution in [-0.2, 0) is 10.5 Å². The van der Waals surface area contributed by atoms with E-state index in [0.29, 0.717) is 46.9 Å². The van der Waals surface area contributed by atoms with Crippen LogP contribution in [0.15, 0.2) is 78.0 Å². The predicted molar refractivity (Wildman–Crippen MR) is 134 cm³/mol. The van der Waals surface area contributed by atoms with Gasteiger partial charge in [0.2, 0.25) is 0 Å². The summed E-state index contributed by atoms with van der Waals surface area (Å²) in [6.45, 7) is 0.912. The van der Waals surface area contributed by atoms with E-state index in [2.05, 4.69) is 15.5 Å². The van der Waals surface area contributed by atoms with Crippen molar-refractivity contribution >= 4 is 17.7 Å². The molecule has 9 heteroatoms. The van der Waals surface area contributed by atoms with Crippen LogP contribution >= 0.6 is 11.8 Å². The largest absolute Gasteiger partial charge is 0.497 e. The first-order chi connectivity index (χ1) is 17.1. The Morgan fingerprint density at radius 3 is 2.57 bits per heavy atom. The number of para-hydroxylation sites is 1. The maximum absolute atomic E-state index is 14.8. The number of nitrogens with one attached hydrogen (secondary N) is 1. The molecule has 0 bridgehead atoms. The predicted octanol–water partition coefficient (Wildman–Crippen LogP) is 4.75. The molecule has 0 fully saturated rings. The molecular formula is C26H25FN4O3S. The maximum atomic E-state index is 14.8. The summed E-state index contributed by atoms with van der Waals surface area (Å²) in [5.41, 5.74) is 2.69. The molecule has 0 radical (unpaired) electrons. The number of methoxy groups -OCH3 is 2. The van der Waals surface area contributed by atoms with E-state index in [1.165, 1.54) is 17.8 Å². The Kier molecular flexibility index (Phi) is 8.12. The third-order valence-electron chi connectivity index (χ3n) is 5.23. The lowest BCUT2D eigenvalue weighted by atomic mass is 10.1. The summed E-state index contributed by atoms with van der Waals surface area (Å²) in [5, 5.41) is 12.1. The van der Waals surface area contributed by atoms with Gasteiger partial charge >= 0.3 is 0 Å². The van der Waals surface area contributed by atoms with Crippen LogP contribution in [0, 0.1) is 5.82 Å². The second-order valence-electron chi connectivity index (χ2n) is 7.56. The summed E-state index contributed by atoms with van der Waals surface area (Å²) in [6.07, 6.45) is 0. The van der Waals surface area contributed by atoms with Gasteiger partial charge in [-0.1, -0.05) is 48.2 Å². The van der Waals surface area contributed by atoms with E-state index in [4.69, 9.17) is 9.47 Å². The smallest absolute Gasteiger partial charge is 0.251 e. The zero-order chi connectivity index (χ0) is 24.6. The van der Waals surface area contributed by atoms with Crippen LogP contribution in [-0.4, -0.2) is 48.0 Å². The highest BCUT2D eigenvalue weighted by molar-refractivity contribution is 7.98. The van der Waals surface area contributed by atoms with Crippen molar-refractivity contribution in [2.24, 2.45) is 0 Å². The molecule has 0 aliphatic carbocycles. The molecule has 0 unspecified atom stereocenters. The molecule has 4 aromatic rings. The fourth-order valence-corrected chi connectivity index (χ4v) is 4.33. The molecule has 1 amide bonds. The van der Waals surface area contributed by atoms with Crippen molar-refractivity contribution in [1.82, 2.24) is 20.1 Å². The first-order valence-electron chi connectivity index (χ1n) is 10.9. The minimum atomic E-state index is -0.373. The number of rotatable bonds is 10. The highest BCUT2D eigenvalue weighted by Gasteiger charge is 2.19. The Morgan fingerprint density at radius 1 is 1.03 bits per heavy atom. The van der Waals surface area contributed by atoms with Crippen molar-refractivity contribution in [2.45, 2.75) is 10.9 Å². The van der Waals surface area contributed by atoms with E-state index >= 15 is 0 Å². The van der Waals surface area contributed by atoms with Gasteiger partial charge < -0.3 is 14.8 Å². The summed E-state index contributed by atoms with van der Waals surface area (Å²) in [7, 11) is 3.18. The van der Waals surface area contributed by atoms with Crippen LogP contribution in [0.2, 0.25) is 0 Å². The first kappa shape index (κ1) is 24.4. The van der Waals surface area contributed by atoms with Gasteiger partial charge in [0.25, 0.3) is 5.91 Å². The minimum Gasteiger partial charge on any atom is -0.497 e. The fourth-order valence-electron chi connectivity index (χ4n) is 3.43. The van der Waals surface area contributed by atoms with E-state index in [0.717, 1.165) is 11.1 Å². The van der Waals surface area contributed by atoms with Crippen LogP contribution in [0.5, 0.6) is 5.75 Å². The van der Waals surface area contributed by atoms with Crippen molar-refractivity contribution in [3.8, 4) is 22.8 Å². The molecule has 4 rings (SSSR count). The van der Waals surface area contributed by atoms with Gasteiger partial charge in [0, 0.05) is 30.5 Å². The summed E-state index contributed by atoms with van der Waals surface area (Å²) >= 11 is 1.43. The summed E-state index contributed by atoms with van der Waals surface area (Å²) in [4.78, 5) is 12.2. The Hall–Kier alpha value is -3.69. The lowest BCUT2D eigenvalue weighted by Gasteiger charge is -2.12. The van der Waals surface area contributed by atoms with Gasteiger partial charge in [-0.05, 0) is 42.0 Å². The van der Waals surface area contributed by atoms with Crippen molar-refractivity contribution in [2.75, 3.05) is 27.4 Å². The summed E-state index contributed by atoms with van der Waals surface area (Å²) in [6, 6.07) is 21.3. The normalized spacial score (nSPS) is 10.8. The Morgan fingerprint density at radius 2 is 1.83 bits per heavy atom. The first-order valence-corrected chi connectivity index (χ1v) is 11.9. The Labute approximate surface area is 207 Å². The van der Waals surface area contributed by atoms with Gasteiger partial charge in [0.15, 0.2) is 11.0 Å². The van der Waals surface area contributed by atoms with Crippen LogP contribution < -0.4 is 10.1 Å². The molecule has 1 heterocycles. The van der Waals surface area contributed by atoms with Crippen LogP contribution in [0.3, 0.4) is 0 Å². The molecule has 35 heavy (non-hydrogen) atoms. The number of halogens is 1. The summed E-state index contributed by atoms with van der Waals surface area (Å²) < 4.78 is 26.8. The van der Waals surface area contributed by atoms with Gasteiger partial charge in [-0.2, -0.15) is 0 Å². The zero-order valence-electron chi connectivity index (χ0n) is 19.4. The maximum Gasteiger partial charge on any atom is 0.251 e. The van der Waals surface area contributed by atoms with Crippen molar-refractivity contribution in [3.63, 3.8) is 0 Å². The second-order valence-corrected chi connectivity index (χ2v) is 8.50. The third-order valence-corrected chi connectivity index (χ3v) is 6.23. The average Bonchev–Trinajstić information content (AvgIpc) is 3.32. The fraction of sp³-hybridized carbons (Fsp3) is 0.192. The van der Waals surface area contributed by atoms with Crippen LogP contribution in [0.1, 0.15) is 15.9 Å². The lowest BCUT2D eigenvalue weighted by Crippen LogP contribution is -2.26. The molecule has 3 aromatic carbocycles.